The maximum Gasteiger partial charge on any atom is 0.261 e. The van der Waals surface area contributed by atoms with Crippen molar-refractivity contribution in [2.75, 3.05) is 7.05 Å². The van der Waals surface area contributed by atoms with Crippen LogP contribution in [0.1, 0.15) is 12.7 Å². The molecule has 1 aromatic carbocycles. The molecule has 23 heavy (non-hydrogen) atoms. The Balaban J connectivity index is 2.00. The summed E-state index contributed by atoms with van der Waals surface area (Å²) in [5, 5.41) is 12.3. The number of hydrogen-bond donors (Lipinski definition) is 1. The highest BCUT2D eigenvalue weighted by atomic mass is 35.5. The van der Waals surface area contributed by atoms with E-state index in [-0.39, 0.29) is 6.04 Å². The van der Waals surface area contributed by atoms with Crippen LogP contribution in [-0.2, 0) is 13.5 Å². The molecule has 3 rings (SSSR count). The summed E-state index contributed by atoms with van der Waals surface area (Å²) in [6.07, 6.45) is 2.55. The monoisotopic (exact) mass is 331 g/mol. The van der Waals surface area contributed by atoms with Crippen LogP contribution in [0.25, 0.3) is 22.7 Å². The zero-order chi connectivity index (χ0) is 16.4. The van der Waals surface area contributed by atoms with Crippen LogP contribution in [0.5, 0.6) is 0 Å². The van der Waals surface area contributed by atoms with E-state index >= 15 is 0 Å². The van der Waals surface area contributed by atoms with Crippen LogP contribution in [0.3, 0.4) is 0 Å². The number of hydrogen-bond acceptors (Lipinski definition) is 5. The molecule has 0 radical (unpaired) electrons. The molecule has 0 saturated carbocycles. The van der Waals surface area contributed by atoms with Gasteiger partial charge in [0.15, 0.2) is 5.82 Å². The Kier molecular flexibility index (Phi) is 4.45. The van der Waals surface area contributed by atoms with E-state index in [1.165, 1.54) is 0 Å². The lowest BCUT2D eigenvalue weighted by Crippen LogP contribution is -2.24. The number of aryl methyl sites for hydroxylation is 1. The standard InChI is InChI=1S/C16H18ClN5O/c1-10(18-2)8-14-19-16(23-21-14)12-9-22(3)20-15(12)11-6-4-5-7-13(11)17/h4-7,9-10,18H,8H2,1-3H3. The molecule has 0 fully saturated rings. The van der Waals surface area contributed by atoms with Crippen molar-refractivity contribution in [3.63, 3.8) is 0 Å². The maximum absolute atomic E-state index is 6.30. The van der Waals surface area contributed by atoms with Crippen molar-refractivity contribution >= 4 is 11.6 Å². The second kappa shape index (κ2) is 6.52. The van der Waals surface area contributed by atoms with E-state index in [2.05, 4.69) is 27.5 Å². The van der Waals surface area contributed by atoms with Gasteiger partial charge in [0.05, 0.1) is 10.6 Å². The lowest BCUT2D eigenvalue weighted by atomic mass is 10.1. The summed E-state index contributed by atoms with van der Waals surface area (Å²) in [6, 6.07) is 7.85. The fourth-order valence-corrected chi connectivity index (χ4v) is 2.54. The first kappa shape index (κ1) is 15.7. The summed E-state index contributed by atoms with van der Waals surface area (Å²) in [4.78, 5) is 4.48. The molecule has 1 atom stereocenters. The molecule has 1 N–H and O–H groups in total. The largest absolute Gasteiger partial charge is 0.334 e. The minimum atomic E-state index is 0.275. The van der Waals surface area contributed by atoms with Crippen molar-refractivity contribution in [2.45, 2.75) is 19.4 Å². The molecule has 2 aromatic heterocycles. The van der Waals surface area contributed by atoms with Crippen molar-refractivity contribution in [3.05, 3.63) is 41.3 Å². The van der Waals surface area contributed by atoms with Crippen LogP contribution < -0.4 is 5.32 Å². The van der Waals surface area contributed by atoms with Gasteiger partial charge in [0, 0.05) is 31.3 Å². The third-order valence-electron chi connectivity index (χ3n) is 3.64. The average molecular weight is 332 g/mol. The van der Waals surface area contributed by atoms with Crippen LogP contribution in [0.15, 0.2) is 35.0 Å². The van der Waals surface area contributed by atoms with E-state index in [0.29, 0.717) is 23.2 Å². The summed E-state index contributed by atoms with van der Waals surface area (Å²) < 4.78 is 7.14. The second-order valence-corrected chi connectivity index (χ2v) is 5.86. The van der Waals surface area contributed by atoms with E-state index in [4.69, 9.17) is 16.1 Å². The SMILES string of the molecule is CNC(C)Cc1noc(-c2cn(C)nc2-c2ccccc2Cl)n1. The number of nitrogens with one attached hydrogen (secondary N) is 1. The highest BCUT2D eigenvalue weighted by Crippen LogP contribution is 2.33. The molecule has 3 aromatic rings. The molecule has 120 valence electrons. The van der Waals surface area contributed by atoms with Gasteiger partial charge in [-0.2, -0.15) is 10.1 Å². The Morgan fingerprint density at radius 2 is 2.09 bits per heavy atom. The molecule has 0 saturated heterocycles. The second-order valence-electron chi connectivity index (χ2n) is 5.45. The van der Waals surface area contributed by atoms with Crippen LogP contribution in [0.2, 0.25) is 5.02 Å². The molecule has 0 amide bonds. The Labute approximate surface area is 139 Å². The maximum atomic E-state index is 6.30. The fourth-order valence-electron chi connectivity index (χ4n) is 2.32. The quantitative estimate of drug-likeness (QED) is 0.778. The average Bonchev–Trinajstić information content (AvgIpc) is 3.14. The summed E-state index contributed by atoms with van der Waals surface area (Å²) in [5.41, 5.74) is 2.35. The lowest BCUT2D eigenvalue weighted by molar-refractivity contribution is 0.418. The van der Waals surface area contributed by atoms with Gasteiger partial charge in [0.2, 0.25) is 0 Å². The van der Waals surface area contributed by atoms with Crippen LogP contribution in [-0.4, -0.2) is 33.0 Å². The predicted octanol–water partition coefficient (Wildman–Crippen LogP) is 2.94. The molecule has 7 heteroatoms. The van der Waals surface area contributed by atoms with Crippen molar-refractivity contribution in [2.24, 2.45) is 7.05 Å². The highest BCUT2D eigenvalue weighted by molar-refractivity contribution is 6.33. The van der Waals surface area contributed by atoms with E-state index in [9.17, 15) is 0 Å². The smallest absolute Gasteiger partial charge is 0.261 e. The first-order valence-electron chi connectivity index (χ1n) is 7.37. The van der Waals surface area contributed by atoms with Crippen LogP contribution in [0.4, 0.5) is 0 Å². The third-order valence-corrected chi connectivity index (χ3v) is 3.97. The Hall–Kier alpha value is -2.18. The minimum absolute atomic E-state index is 0.275. The normalized spacial score (nSPS) is 12.5. The first-order valence-corrected chi connectivity index (χ1v) is 7.75. The highest BCUT2D eigenvalue weighted by Gasteiger charge is 2.20. The van der Waals surface area contributed by atoms with Gasteiger partial charge in [-0.05, 0) is 20.0 Å². The van der Waals surface area contributed by atoms with Crippen molar-refractivity contribution in [3.8, 4) is 22.7 Å². The van der Waals surface area contributed by atoms with Gasteiger partial charge < -0.3 is 9.84 Å². The summed E-state index contributed by atoms with van der Waals surface area (Å²) in [6.45, 7) is 2.06. The summed E-state index contributed by atoms with van der Waals surface area (Å²) >= 11 is 6.30. The zero-order valence-corrected chi connectivity index (χ0v) is 14.0. The number of rotatable bonds is 5. The molecule has 0 aliphatic heterocycles. The number of nitrogens with zero attached hydrogens (tertiary/aromatic N) is 4. The molecule has 1 unspecified atom stereocenters. The fraction of sp³-hybridized carbons (Fsp3) is 0.312. The number of halogens is 1. The molecule has 0 aliphatic carbocycles. The van der Waals surface area contributed by atoms with Crippen LogP contribution in [0, 0.1) is 0 Å². The van der Waals surface area contributed by atoms with Gasteiger partial charge >= 0.3 is 0 Å². The van der Waals surface area contributed by atoms with Gasteiger partial charge in [0.1, 0.15) is 5.69 Å². The lowest BCUT2D eigenvalue weighted by Gasteiger charge is -2.04. The molecule has 2 heterocycles. The zero-order valence-electron chi connectivity index (χ0n) is 13.2. The Morgan fingerprint density at radius 1 is 1.30 bits per heavy atom. The predicted molar refractivity (Wildman–Crippen MR) is 89.2 cm³/mol. The van der Waals surface area contributed by atoms with Crippen molar-refractivity contribution in [1.29, 1.82) is 0 Å². The molecular formula is C16H18ClN5O. The third kappa shape index (κ3) is 3.28. The number of likely N-dealkylation sites (N-methyl/N-ethyl adjacent to an activating group) is 1. The van der Waals surface area contributed by atoms with Gasteiger partial charge in [-0.1, -0.05) is 35.0 Å². The van der Waals surface area contributed by atoms with Gasteiger partial charge in [-0.3, -0.25) is 4.68 Å². The van der Waals surface area contributed by atoms with E-state index in [1.807, 2.05) is 44.6 Å². The van der Waals surface area contributed by atoms with Crippen molar-refractivity contribution in [1.82, 2.24) is 25.2 Å². The van der Waals surface area contributed by atoms with E-state index in [0.717, 1.165) is 16.8 Å². The molecule has 0 bridgehead atoms. The van der Waals surface area contributed by atoms with Gasteiger partial charge in [-0.25, -0.2) is 0 Å². The molecular weight excluding hydrogens is 314 g/mol. The van der Waals surface area contributed by atoms with Gasteiger partial charge in [0.25, 0.3) is 5.89 Å². The summed E-state index contributed by atoms with van der Waals surface area (Å²) in [5.74, 6) is 1.11. The molecule has 0 spiro atoms. The Bertz CT molecular complexity index is 810. The minimum Gasteiger partial charge on any atom is -0.334 e. The van der Waals surface area contributed by atoms with Crippen LogP contribution >= 0.6 is 11.6 Å². The number of benzene rings is 1. The van der Waals surface area contributed by atoms with E-state index < -0.39 is 0 Å². The van der Waals surface area contributed by atoms with Crippen molar-refractivity contribution < 1.29 is 4.52 Å². The number of aromatic nitrogens is 4. The topological polar surface area (TPSA) is 68.8 Å². The first-order chi connectivity index (χ1) is 11.1. The summed E-state index contributed by atoms with van der Waals surface area (Å²) in [7, 11) is 3.76. The van der Waals surface area contributed by atoms with Gasteiger partial charge in [-0.15, -0.1) is 0 Å². The Morgan fingerprint density at radius 3 is 2.83 bits per heavy atom. The van der Waals surface area contributed by atoms with E-state index in [1.54, 1.807) is 4.68 Å². The molecule has 0 aliphatic rings. The molecule has 6 nitrogen and oxygen atoms in total.